The van der Waals surface area contributed by atoms with Crippen LogP contribution in [0.5, 0.6) is 17.5 Å². The molecule has 156 valence electrons. The quantitative estimate of drug-likeness (QED) is 0.438. The molecular weight excluding hydrogens is 397 g/mol. The lowest BCUT2D eigenvalue weighted by Gasteiger charge is -2.13. The van der Waals surface area contributed by atoms with Crippen molar-refractivity contribution in [2.24, 2.45) is 0 Å². The summed E-state index contributed by atoms with van der Waals surface area (Å²) in [5, 5.41) is 7.85. The maximum absolute atomic E-state index is 15.6. The monoisotopic (exact) mass is 417 g/mol. The summed E-state index contributed by atoms with van der Waals surface area (Å²) in [6.07, 6.45) is 3.42. The number of rotatable bonds is 6. The first-order valence-electron chi connectivity index (χ1n) is 9.49. The van der Waals surface area contributed by atoms with Gasteiger partial charge in [-0.2, -0.15) is 0 Å². The Kier molecular flexibility index (Phi) is 5.75. The molecular formula is C24H20FN3O3. The van der Waals surface area contributed by atoms with Crippen LogP contribution in [-0.2, 0) is 0 Å². The molecule has 7 heteroatoms. The molecule has 0 amide bonds. The van der Waals surface area contributed by atoms with Crippen LogP contribution in [0.1, 0.15) is 0 Å². The van der Waals surface area contributed by atoms with Gasteiger partial charge in [0, 0.05) is 35.2 Å². The largest absolute Gasteiger partial charge is 0.496 e. The van der Waals surface area contributed by atoms with Crippen LogP contribution in [0.25, 0.3) is 33.4 Å². The summed E-state index contributed by atoms with van der Waals surface area (Å²) < 4.78 is 31.4. The van der Waals surface area contributed by atoms with Crippen LogP contribution in [0.2, 0.25) is 0 Å². The Balaban J connectivity index is 1.76. The molecule has 2 heterocycles. The van der Waals surface area contributed by atoms with Crippen LogP contribution < -0.4 is 14.2 Å². The molecule has 0 aliphatic carbocycles. The fraction of sp³-hybridized carbons (Fsp3) is 0.125. The maximum Gasteiger partial charge on any atom is 0.241 e. The highest BCUT2D eigenvalue weighted by atomic mass is 19.1. The van der Waals surface area contributed by atoms with Crippen LogP contribution in [0.15, 0.2) is 67.0 Å². The highest BCUT2D eigenvalue weighted by Crippen LogP contribution is 2.37. The first kappa shape index (κ1) is 20.3. The molecule has 2 aromatic carbocycles. The predicted octanol–water partition coefficient (Wildman–Crippen LogP) is 5.04. The van der Waals surface area contributed by atoms with Gasteiger partial charge in [-0.1, -0.05) is 42.5 Å². The van der Waals surface area contributed by atoms with E-state index in [1.165, 1.54) is 14.2 Å². The molecule has 0 saturated heterocycles. The Morgan fingerprint density at radius 3 is 2.10 bits per heavy atom. The zero-order chi connectivity index (χ0) is 21.8. The first-order chi connectivity index (χ1) is 15.2. The van der Waals surface area contributed by atoms with E-state index >= 15 is 4.39 Å². The van der Waals surface area contributed by atoms with Crippen molar-refractivity contribution >= 4 is 0 Å². The molecule has 0 unspecified atom stereocenters. The molecule has 0 spiro atoms. The molecule has 0 atom stereocenters. The smallest absolute Gasteiger partial charge is 0.241 e. The molecule has 2 aromatic heterocycles. The first-order valence-corrected chi connectivity index (χ1v) is 9.49. The lowest BCUT2D eigenvalue weighted by atomic mass is 9.97. The summed E-state index contributed by atoms with van der Waals surface area (Å²) in [6, 6.07) is 16.2. The van der Waals surface area contributed by atoms with Crippen LogP contribution in [0.3, 0.4) is 0 Å². The van der Waals surface area contributed by atoms with Gasteiger partial charge < -0.3 is 14.2 Å². The molecule has 0 saturated carbocycles. The van der Waals surface area contributed by atoms with Gasteiger partial charge in [-0.25, -0.2) is 4.39 Å². The average molecular weight is 417 g/mol. The Bertz CT molecular complexity index is 1210. The van der Waals surface area contributed by atoms with Crippen molar-refractivity contribution in [1.82, 2.24) is 15.2 Å². The Labute approximate surface area is 179 Å². The van der Waals surface area contributed by atoms with Crippen LogP contribution in [-0.4, -0.2) is 36.5 Å². The number of pyridine rings is 1. The van der Waals surface area contributed by atoms with Gasteiger partial charge in [0.15, 0.2) is 0 Å². The van der Waals surface area contributed by atoms with Gasteiger partial charge in [0.2, 0.25) is 11.8 Å². The van der Waals surface area contributed by atoms with Crippen molar-refractivity contribution in [1.29, 1.82) is 0 Å². The van der Waals surface area contributed by atoms with Crippen molar-refractivity contribution in [3.8, 4) is 50.9 Å². The SMILES string of the molecule is COc1cc(-c2cccc(-c3ccc(-c4cnccc4OC)cc3)c2F)c(OC)nn1. The second kappa shape index (κ2) is 8.79. The van der Waals surface area contributed by atoms with E-state index in [2.05, 4.69) is 15.2 Å². The molecule has 0 bridgehead atoms. The lowest BCUT2D eigenvalue weighted by molar-refractivity contribution is 0.369. The number of hydrogen-bond acceptors (Lipinski definition) is 6. The lowest BCUT2D eigenvalue weighted by Crippen LogP contribution is -1.99. The van der Waals surface area contributed by atoms with E-state index in [1.807, 2.05) is 24.3 Å². The van der Waals surface area contributed by atoms with Crippen molar-refractivity contribution in [2.75, 3.05) is 21.3 Å². The van der Waals surface area contributed by atoms with E-state index in [4.69, 9.17) is 14.2 Å². The normalized spacial score (nSPS) is 10.6. The summed E-state index contributed by atoms with van der Waals surface area (Å²) in [6.45, 7) is 0. The van der Waals surface area contributed by atoms with Crippen LogP contribution in [0.4, 0.5) is 4.39 Å². The van der Waals surface area contributed by atoms with Gasteiger partial charge >= 0.3 is 0 Å². The Morgan fingerprint density at radius 2 is 1.42 bits per heavy atom. The summed E-state index contributed by atoms with van der Waals surface area (Å²) >= 11 is 0. The maximum atomic E-state index is 15.6. The predicted molar refractivity (Wildman–Crippen MR) is 116 cm³/mol. The van der Waals surface area contributed by atoms with E-state index in [0.29, 0.717) is 16.7 Å². The van der Waals surface area contributed by atoms with E-state index in [0.717, 1.165) is 22.4 Å². The van der Waals surface area contributed by atoms with E-state index < -0.39 is 0 Å². The number of halogens is 1. The zero-order valence-electron chi connectivity index (χ0n) is 17.3. The second-order valence-corrected chi connectivity index (χ2v) is 6.63. The van der Waals surface area contributed by atoms with Crippen molar-refractivity contribution in [3.05, 3.63) is 72.8 Å². The van der Waals surface area contributed by atoms with Gasteiger partial charge in [0.05, 0.1) is 26.9 Å². The van der Waals surface area contributed by atoms with Crippen molar-refractivity contribution < 1.29 is 18.6 Å². The standard InChI is InChI=1S/C24H20FN3O3/c1-29-21-11-12-26-14-20(21)16-9-7-15(8-10-16)17-5-4-6-18(23(17)25)19-13-22(30-2)27-28-24(19)31-3/h4-14H,1-3H3. The van der Waals surface area contributed by atoms with Crippen molar-refractivity contribution in [3.63, 3.8) is 0 Å². The summed E-state index contributed by atoms with van der Waals surface area (Å²) in [7, 11) is 4.56. The molecule has 4 aromatic rings. The third-order valence-electron chi connectivity index (χ3n) is 4.94. The van der Waals surface area contributed by atoms with E-state index in [1.54, 1.807) is 49.8 Å². The Morgan fingerprint density at radius 1 is 0.710 bits per heavy atom. The summed E-state index contributed by atoms with van der Waals surface area (Å²) in [5.74, 6) is 0.830. The fourth-order valence-electron chi connectivity index (χ4n) is 3.37. The molecule has 0 aliphatic heterocycles. The van der Waals surface area contributed by atoms with Crippen LogP contribution in [0, 0.1) is 5.82 Å². The van der Waals surface area contributed by atoms with E-state index in [-0.39, 0.29) is 17.6 Å². The topological polar surface area (TPSA) is 66.4 Å². The number of nitrogens with zero attached hydrogens (tertiary/aromatic N) is 3. The van der Waals surface area contributed by atoms with Gasteiger partial charge in [-0.15, -0.1) is 10.2 Å². The number of benzene rings is 2. The zero-order valence-corrected chi connectivity index (χ0v) is 17.3. The molecule has 0 N–H and O–H groups in total. The van der Waals surface area contributed by atoms with Gasteiger partial charge in [0.25, 0.3) is 0 Å². The minimum Gasteiger partial charge on any atom is -0.496 e. The molecule has 0 fully saturated rings. The average Bonchev–Trinajstić information content (AvgIpc) is 2.84. The second-order valence-electron chi connectivity index (χ2n) is 6.63. The minimum atomic E-state index is -0.387. The molecule has 31 heavy (non-hydrogen) atoms. The molecule has 4 rings (SSSR count). The Hall–Kier alpha value is -4.00. The molecule has 0 aliphatic rings. The number of methoxy groups -OCH3 is 3. The number of ether oxygens (including phenoxy) is 3. The molecule has 0 radical (unpaired) electrons. The highest BCUT2D eigenvalue weighted by molar-refractivity contribution is 5.78. The summed E-state index contributed by atoms with van der Waals surface area (Å²) in [4.78, 5) is 4.17. The third-order valence-corrected chi connectivity index (χ3v) is 4.94. The van der Waals surface area contributed by atoms with Gasteiger partial charge in [0.1, 0.15) is 11.6 Å². The van der Waals surface area contributed by atoms with E-state index in [9.17, 15) is 0 Å². The summed E-state index contributed by atoms with van der Waals surface area (Å²) in [5.41, 5.74) is 3.80. The van der Waals surface area contributed by atoms with Gasteiger partial charge in [-0.05, 0) is 17.2 Å². The minimum absolute atomic E-state index is 0.218. The number of hydrogen-bond donors (Lipinski definition) is 0. The highest BCUT2D eigenvalue weighted by Gasteiger charge is 2.18. The molecule has 6 nitrogen and oxygen atoms in total. The van der Waals surface area contributed by atoms with Crippen LogP contribution >= 0.6 is 0 Å². The van der Waals surface area contributed by atoms with Crippen molar-refractivity contribution in [2.45, 2.75) is 0 Å². The fourth-order valence-corrected chi connectivity index (χ4v) is 3.37. The third kappa shape index (κ3) is 3.90. The number of aromatic nitrogens is 3. The van der Waals surface area contributed by atoms with Gasteiger partial charge in [-0.3, -0.25) is 4.98 Å².